The molecule has 20 heavy (non-hydrogen) atoms. The van der Waals surface area contributed by atoms with Crippen LogP contribution in [0.15, 0.2) is 41.8 Å². The van der Waals surface area contributed by atoms with Crippen LogP contribution in [0.4, 0.5) is 4.39 Å². The molecule has 1 N–H and O–H groups in total. The van der Waals surface area contributed by atoms with Crippen LogP contribution in [0.25, 0.3) is 0 Å². The van der Waals surface area contributed by atoms with Gasteiger partial charge >= 0.3 is 0 Å². The third kappa shape index (κ3) is 2.75. The molecule has 3 unspecified atom stereocenters. The fourth-order valence-electron chi connectivity index (χ4n) is 2.37. The lowest BCUT2D eigenvalue weighted by molar-refractivity contribution is -0.123. The molecular weight excluding hydrogens is 273 g/mol. The molecule has 0 saturated heterocycles. The van der Waals surface area contributed by atoms with E-state index in [1.54, 1.807) is 23.5 Å². The third-order valence-corrected chi connectivity index (χ3v) is 4.70. The number of halogens is 1. The molecule has 2 aromatic rings. The topological polar surface area (TPSA) is 29.1 Å². The Kier molecular flexibility index (Phi) is 3.57. The van der Waals surface area contributed by atoms with Gasteiger partial charge in [0, 0.05) is 10.8 Å². The van der Waals surface area contributed by atoms with Gasteiger partial charge in [0.2, 0.25) is 5.91 Å². The monoisotopic (exact) mass is 289 g/mol. The minimum absolute atomic E-state index is 0.0974. The Morgan fingerprint density at radius 2 is 2.05 bits per heavy atom. The lowest BCUT2D eigenvalue weighted by Gasteiger charge is -2.18. The van der Waals surface area contributed by atoms with Crippen molar-refractivity contribution in [1.82, 2.24) is 5.32 Å². The van der Waals surface area contributed by atoms with Crippen molar-refractivity contribution in [3.8, 4) is 0 Å². The Labute approximate surface area is 121 Å². The number of amides is 1. The van der Waals surface area contributed by atoms with Crippen molar-refractivity contribution in [3.63, 3.8) is 0 Å². The van der Waals surface area contributed by atoms with Gasteiger partial charge in [0.15, 0.2) is 0 Å². The Morgan fingerprint density at radius 1 is 1.35 bits per heavy atom. The lowest BCUT2D eigenvalue weighted by atomic mass is 10.0. The van der Waals surface area contributed by atoms with E-state index in [1.807, 2.05) is 17.5 Å². The Balaban J connectivity index is 1.84. The summed E-state index contributed by atoms with van der Waals surface area (Å²) in [5.74, 6) is 0.450. The van der Waals surface area contributed by atoms with Crippen LogP contribution in [0.3, 0.4) is 0 Å². The van der Waals surface area contributed by atoms with Crippen molar-refractivity contribution in [2.45, 2.75) is 19.4 Å². The van der Waals surface area contributed by atoms with Crippen LogP contribution in [0, 0.1) is 17.7 Å². The highest BCUT2D eigenvalue weighted by Gasteiger charge is 2.40. The summed E-state index contributed by atoms with van der Waals surface area (Å²) in [6.07, 6.45) is 0.965. The zero-order chi connectivity index (χ0) is 14.1. The largest absolute Gasteiger partial charge is 0.344 e. The van der Waals surface area contributed by atoms with Crippen LogP contribution in [-0.2, 0) is 4.79 Å². The normalized spacial score (nSPS) is 22.3. The van der Waals surface area contributed by atoms with Gasteiger partial charge in [-0.15, -0.1) is 11.3 Å². The van der Waals surface area contributed by atoms with Gasteiger partial charge in [0.05, 0.1) is 6.04 Å². The van der Waals surface area contributed by atoms with Crippen molar-refractivity contribution in [2.75, 3.05) is 0 Å². The summed E-state index contributed by atoms with van der Waals surface area (Å²) in [5.41, 5.74) is 0.913. The number of thiophene rings is 1. The predicted molar refractivity (Wildman–Crippen MR) is 78.0 cm³/mol. The van der Waals surface area contributed by atoms with Gasteiger partial charge in [-0.3, -0.25) is 4.79 Å². The summed E-state index contributed by atoms with van der Waals surface area (Å²) in [6.45, 7) is 2.09. The molecule has 1 amide bonds. The Bertz CT molecular complexity index is 593. The third-order valence-electron chi connectivity index (χ3n) is 3.76. The van der Waals surface area contributed by atoms with Gasteiger partial charge in [0.25, 0.3) is 0 Å². The number of hydrogen-bond donors (Lipinski definition) is 1. The zero-order valence-corrected chi connectivity index (χ0v) is 12.0. The van der Waals surface area contributed by atoms with Gasteiger partial charge in [0.1, 0.15) is 5.82 Å². The van der Waals surface area contributed by atoms with Gasteiger partial charge in [-0.1, -0.05) is 25.1 Å². The summed E-state index contributed by atoms with van der Waals surface area (Å²) >= 11 is 1.60. The minimum atomic E-state index is -0.263. The van der Waals surface area contributed by atoms with E-state index in [9.17, 15) is 9.18 Å². The number of hydrogen-bond acceptors (Lipinski definition) is 2. The fraction of sp³-hybridized carbons (Fsp3) is 0.312. The first-order valence-electron chi connectivity index (χ1n) is 6.74. The second-order valence-electron chi connectivity index (χ2n) is 5.33. The lowest BCUT2D eigenvalue weighted by Crippen LogP contribution is -2.30. The van der Waals surface area contributed by atoms with E-state index in [-0.39, 0.29) is 23.7 Å². The van der Waals surface area contributed by atoms with Crippen molar-refractivity contribution < 1.29 is 9.18 Å². The molecule has 3 atom stereocenters. The highest BCUT2D eigenvalue weighted by Crippen LogP contribution is 2.38. The van der Waals surface area contributed by atoms with Crippen LogP contribution in [0.1, 0.15) is 29.8 Å². The molecule has 3 rings (SSSR count). The Morgan fingerprint density at radius 3 is 2.60 bits per heavy atom. The SMILES string of the molecule is CC1CC1C(=O)NC(c1ccc(F)cc1)c1cccs1. The summed E-state index contributed by atoms with van der Waals surface area (Å²) in [6, 6.07) is 10.1. The van der Waals surface area contributed by atoms with E-state index in [1.165, 1.54) is 12.1 Å². The van der Waals surface area contributed by atoms with Crippen LogP contribution in [0.2, 0.25) is 0 Å². The molecule has 1 aromatic carbocycles. The molecule has 1 aliphatic carbocycles. The van der Waals surface area contributed by atoms with Crippen molar-refractivity contribution >= 4 is 17.2 Å². The van der Waals surface area contributed by atoms with Crippen LogP contribution >= 0.6 is 11.3 Å². The first-order valence-corrected chi connectivity index (χ1v) is 7.62. The van der Waals surface area contributed by atoms with E-state index in [4.69, 9.17) is 0 Å². The van der Waals surface area contributed by atoms with E-state index >= 15 is 0 Å². The molecule has 4 heteroatoms. The van der Waals surface area contributed by atoms with E-state index < -0.39 is 0 Å². The minimum Gasteiger partial charge on any atom is -0.344 e. The average molecular weight is 289 g/mol. The van der Waals surface area contributed by atoms with E-state index in [0.717, 1.165) is 16.9 Å². The van der Waals surface area contributed by atoms with Gasteiger partial charge in [-0.2, -0.15) is 0 Å². The number of rotatable bonds is 4. The molecule has 0 aliphatic heterocycles. The maximum absolute atomic E-state index is 13.1. The van der Waals surface area contributed by atoms with E-state index in [2.05, 4.69) is 12.2 Å². The predicted octanol–water partition coefficient (Wildman–Crippen LogP) is 3.75. The molecule has 1 aliphatic rings. The molecule has 0 spiro atoms. The molecule has 1 saturated carbocycles. The summed E-state index contributed by atoms with van der Waals surface area (Å²) in [4.78, 5) is 13.2. The van der Waals surface area contributed by atoms with Crippen LogP contribution in [0.5, 0.6) is 0 Å². The molecule has 1 heterocycles. The summed E-state index contributed by atoms with van der Waals surface area (Å²) in [7, 11) is 0. The number of nitrogens with one attached hydrogen (secondary N) is 1. The molecule has 0 radical (unpaired) electrons. The zero-order valence-electron chi connectivity index (χ0n) is 11.2. The maximum Gasteiger partial charge on any atom is 0.224 e. The Hall–Kier alpha value is -1.68. The molecule has 0 bridgehead atoms. The second kappa shape index (κ2) is 5.37. The number of carbonyl (C=O) groups excluding carboxylic acids is 1. The summed E-state index contributed by atoms with van der Waals surface area (Å²) < 4.78 is 13.1. The smallest absolute Gasteiger partial charge is 0.224 e. The fourth-order valence-corrected chi connectivity index (χ4v) is 3.17. The van der Waals surface area contributed by atoms with Gasteiger partial charge in [-0.05, 0) is 41.5 Å². The van der Waals surface area contributed by atoms with Gasteiger partial charge in [-0.25, -0.2) is 4.39 Å². The van der Waals surface area contributed by atoms with Crippen molar-refractivity contribution in [3.05, 3.63) is 58.0 Å². The van der Waals surface area contributed by atoms with Gasteiger partial charge < -0.3 is 5.32 Å². The molecular formula is C16H16FNOS. The molecule has 1 fully saturated rings. The van der Waals surface area contributed by atoms with Crippen molar-refractivity contribution in [1.29, 1.82) is 0 Å². The van der Waals surface area contributed by atoms with Crippen molar-refractivity contribution in [2.24, 2.45) is 11.8 Å². The molecule has 1 aromatic heterocycles. The standard InChI is InChI=1S/C16H16FNOS/c1-10-9-13(10)16(19)18-15(14-3-2-8-20-14)11-4-6-12(17)7-5-11/h2-8,10,13,15H,9H2,1H3,(H,18,19). The quantitative estimate of drug-likeness (QED) is 0.912. The average Bonchev–Trinajstić information content (AvgIpc) is 2.95. The highest BCUT2D eigenvalue weighted by atomic mass is 32.1. The first-order chi connectivity index (χ1) is 9.65. The molecule has 2 nitrogen and oxygen atoms in total. The number of benzene rings is 1. The summed E-state index contributed by atoms with van der Waals surface area (Å²) in [5, 5.41) is 5.08. The maximum atomic E-state index is 13.1. The van der Waals surface area contributed by atoms with Crippen LogP contribution < -0.4 is 5.32 Å². The highest BCUT2D eigenvalue weighted by molar-refractivity contribution is 7.10. The van der Waals surface area contributed by atoms with Crippen LogP contribution in [-0.4, -0.2) is 5.91 Å². The van der Waals surface area contributed by atoms with E-state index in [0.29, 0.717) is 5.92 Å². The second-order valence-corrected chi connectivity index (χ2v) is 6.31. The molecule has 104 valence electrons. The number of carbonyl (C=O) groups is 1. The first kappa shape index (κ1) is 13.3.